The van der Waals surface area contributed by atoms with Crippen LogP contribution in [0.5, 0.6) is 0 Å². The number of thioether (sulfide) groups is 1. The van der Waals surface area contributed by atoms with Crippen molar-refractivity contribution in [2.75, 3.05) is 11.1 Å². The van der Waals surface area contributed by atoms with Crippen LogP contribution in [0.2, 0.25) is 0 Å². The van der Waals surface area contributed by atoms with E-state index in [1.807, 2.05) is 25.1 Å². The molecular formula is C23H26N2O4S2. The molecule has 4 rings (SSSR count). The van der Waals surface area contributed by atoms with Gasteiger partial charge in [-0.1, -0.05) is 31.2 Å². The zero-order valence-corrected chi connectivity index (χ0v) is 19.0. The smallest absolute Gasteiger partial charge is 0.237 e. The first-order valence-electron chi connectivity index (χ1n) is 10.6. The number of fused-ring (bicyclic) bond motifs is 2. The van der Waals surface area contributed by atoms with Crippen molar-refractivity contribution in [2.24, 2.45) is 0 Å². The minimum absolute atomic E-state index is 0.0670. The van der Waals surface area contributed by atoms with E-state index in [9.17, 15) is 18.0 Å². The van der Waals surface area contributed by atoms with Gasteiger partial charge < -0.3 is 10.6 Å². The highest BCUT2D eigenvalue weighted by atomic mass is 32.2. The fraction of sp³-hybridized carbons (Fsp3) is 0.391. The molecule has 31 heavy (non-hydrogen) atoms. The van der Waals surface area contributed by atoms with Crippen molar-refractivity contribution >= 4 is 39.1 Å². The molecule has 0 bridgehead atoms. The molecule has 0 radical (unpaired) electrons. The van der Waals surface area contributed by atoms with Crippen LogP contribution in [0.1, 0.15) is 49.8 Å². The lowest BCUT2D eigenvalue weighted by atomic mass is 9.88. The predicted octanol–water partition coefficient (Wildman–Crippen LogP) is 3.87. The molecule has 0 aromatic heterocycles. The van der Waals surface area contributed by atoms with Crippen molar-refractivity contribution in [3.63, 3.8) is 0 Å². The Balaban J connectivity index is 1.40. The number of rotatable bonds is 6. The van der Waals surface area contributed by atoms with Crippen molar-refractivity contribution in [3.05, 3.63) is 53.6 Å². The van der Waals surface area contributed by atoms with Gasteiger partial charge >= 0.3 is 0 Å². The fourth-order valence-electron chi connectivity index (χ4n) is 4.11. The summed E-state index contributed by atoms with van der Waals surface area (Å²) in [4.78, 5) is 25.6. The van der Waals surface area contributed by atoms with Crippen molar-refractivity contribution < 1.29 is 18.0 Å². The Morgan fingerprint density at radius 3 is 2.84 bits per heavy atom. The van der Waals surface area contributed by atoms with Gasteiger partial charge in [-0.25, -0.2) is 8.42 Å². The van der Waals surface area contributed by atoms with Gasteiger partial charge in [-0.15, -0.1) is 11.8 Å². The first-order chi connectivity index (χ1) is 14.9. The first kappa shape index (κ1) is 21.9. The molecule has 2 N–H and O–H groups in total. The standard InChI is InChI=1S/C23H26N2O4S2/c1-2-20-23(27)25-19-14-16(10-11-21(19)30-20)31(28,29)13-12-22(26)24-18-9-5-7-15-6-3-4-8-17(15)18/h3-4,6,8,10-11,14,18,20H,2,5,7,9,12-13H2,1H3,(H,24,26)(H,25,27)/t18-,20-/m1/s1. The van der Waals surface area contributed by atoms with Gasteiger partial charge in [-0.2, -0.15) is 0 Å². The van der Waals surface area contributed by atoms with Gasteiger partial charge in [-0.05, 0) is 55.0 Å². The van der Waals surface area contributed by atoms with E-state index in [2.05, 4.69) is 16.7 Å². The second kappa shape index (κ2) is 9.04. The highest BCUT2D eigenvalue weighted by Crippen LogP contribution is 2.38. The Labute approximate surface area is 187 Å². The van der Waals surface area contributed by atoms with Gasteiger partial charge in [0, 0.05) is 11.3 Å². The highest BCUT2D eigenvalue weighted by molar-refractivity contribution is 8.01. The summed E-state index contributed by atoms with van der Waals surface area (Å²) in [5.74, 6) is -0.649. The van der Waals surface area contributed by atoms with E-state index in [-0.39, 0.29) is 40.2 Å². The lowest BCUT2D eigenvalue weighted by Crippen LogP contribution is -2.32. The Morgan fingerprint density at radius 2 is 2.03 bits per heavy atom. The molecule has 0 fully saturated rings. The van der Waals surface area contributed by atoms with Crippen LogP contribution in [-0.4, -0.2) is 31.2 Å². The number of carbonyl (C=O) groups excluding carboxylic acids is 2. The maximum atomic E-state index is 12.8. The van der Waals surface area contributed by atoms with E-state index in [4.69, 9.17) is 0 Å². The molecule has 164 valence electrons. The van der Waals surface area contributed by atoms with Crippen molar-refractivity contribution in [3.8, 4) is 0 Å². The van der Waals surface area contributed by atoms with Crippen molar-refractivity contribution in [1.82, 2.24) is 5.32 Å². The van der Waals surface area contributed by atoms with Crippen molar-refractivity contribution in [1.29, 1.82) is 0 Å². The van der Waals surface area contributed by atoms with Gasteiger partial charge in [0.15, 0.2) is 9.84 Å². The maximum Gasteiger partial charge on any atom is 0.237 e. The molecule has 2 atom stereocenters. The van der Waals surface area contributed by atoms with E-state index in [1.165, 1.54) is 23.4 Å². The average molecular weight is 459 g/mol. The molecule has 2 aromatic carbocycles. The summed E-state index contributed by atoms with van der Waals surface area (Å²) in [7, 11) is -3.65. The van der Waals surface area contributed by atoms with Crippen LogP contribution in [0.25, 0.3) is 0 Å². The topological polar surface area (TPSA) is 92.3 Å². The summed E-state index contributed by atoms with van der Waals surface area (Å²) < 4.78 is 25.6. The SMILES string of the molecule is CC[C@H]1Sc2ccc(S(=O)(=O)CCC(=O)N[C@@H]3CCCc4ccccc43)cc2NC1=O. The minimum atomic E-state index is -3.65. The molecule has 1 heterocycles. The van der Waals surface area contributed by atoms with E-state index in [0.717, 1.165) is 29.7 Å². The summed E-state index contributed by atoms with van der Waals surface area (Å²) >= 11 is 1.45. The second-order valence-electron chi connectivity index (χ2n) is 7.94. The van der Waals surface area contributed by atoms with Crippen LogP contribution < -0.4 is 10.6 Å². The molecule has 2 aliphatic rings. The number of sulfone groups is 1. The zero-order valence-electron chi connectivity index (χ0n) is 17.4. The third-order valence-electron chi connectivity index (χ3n) is 5.80. The zero-order chi connectivity index (χ0) is 22.0. The number of hydrogen-bond donors (Lipinski definition) is 2. The number of nitrogens with one attached hydrogen (secondary N) is 2. The number of amides is 2. The average Bonchev–Trinajstić information content (AvgIpc) is 2.77. The second-order valence-corrected chi connectivity index (χ2v) is 11.3. The molecule has 6 nitrogen and oxygen atoms in total. The lowest BCUT2D eigenvalue weighted by molar-refractivity contribution is -0.121. The van der Waals surface area contributed by atoms with Gasteiger partial charge in [0.25, 0.3) is 0 Å². The summed E-state index contributed by atoms with van der Waals surface area (Å²) in [6.45, 7) is 1.94. The molecule has 0 unspecified atom stereocenters. The molecule has 1 aliphatic carbocycles. The minimum Gasteiger partial charge on any atom is -0.349 e. The van der Waals surface area contributed by atoms with Crippen LogP contribution in [0.3, 0.4) is 0 Å². The molecule has 2 amide bonds. The van der Waals surface area contributed by atoms with E-state index < -0.39 is 9.84 Å². The Hall–Kier alpha value is -2.32. The van der Waals surface area contributed by atoms with Crippen LogP contribution in [0.4, 0.5) is 5.69 Å². The summed E-state index contributed by atoms with van der Waals surface area (Å²) in [5, 5.41) is 5.64. The van der Waals surface area contributed by atoms with Gasteiger partial charge in [0.2, 0.25) is 11.8 Å². The summed E-state index contributed by atoms with van der Waals surface area (Å²) in [6, 6.07) is 12.8. The monoisotopic (exact) mass is 458 g/mol. The Bertz CT molecular complexity index is 1110. The van der Waals surface area contributed by atoms with Gasteiger partial charge in [-0.3, -0.25) is 9.59 Å². The van der Waals surface area contributed by atoms with Crippen molar-refractivity contribution in [2.45, 2.75) is 60.1 Å². The molecule has 2 aromatic rings. The molecule has 0 spiro atoms. The first-order valence-corrected chi connectivity index (χ1v) is 13.1. The summed E-state index contributed by atoms with van der Waals surface area (Å²) in [6.07, 6.45) is 3.46. The van der Waals surface area contributed by atoms with Crippen LogP contribution in [0.15, 0.2) is 52.3 Å². The lowest BCUT2D eigenvalue weighted by Gasteiger charge is -2.26. The third-order valence-corrected chi connectivity index (χ3v) is 8.96. The predicted molar refractivity (Wildman–Crippen MR) is 122 cm³/mol. The number of hydrogen-bond acceptors (Lipinski definition) is 5. The van der Waals surface area contributed by atoms with E-state index >= 15 is 0 Å². The molecular weight excluding hydrogens is 432 g/mol. The molecule has 1 aliphatic heterocycles. The van der Waals surface area contributed by atoms with Crippen LogP contribution in [-0.2, 0) is 25.8 Å². The van der Waals surface area contributed by atoms with Gasteiger partial charge in [0.05, 0.1) is 27.6 Å². The summed E-state index contributed by atoms with van der Waals surface area (Å²) in [5.41, 5.74) is 2.88. The van der Waals surface area contributed by atoms with E-state index in [1.54, 1.807) is 12.1 Å². The quantitative estimate of drug-likeness (QED) is 0.686. The van der Waals surface area contributed by atoms with E-state index in [0.29, 0.717) is 12.1 Å². The third kappa shape index (κ3) is 4.80. The largest absolute Gasteiger partial charge is 0.349 e. The molecule has 0 saturated heterocycles. The number of carbonyl (C=O) groups is 2. The van der Waals surface area contributed by atoms with Crippen LogP contribution >= 0.6 is 11.8 Å². The normalized spacial score (nSPS) is 20.4. The van der Waals surface area contributed by atoms with Crippen LogP contribution in [0, 0.1) is 0 Å². The fourth-order valence-corrected chi connectivity index (χ4v) is 6.39. The highest BCUT2D eigenvalue weighted by Gasteiger charge is 2.27. The number of anilines is 1. The Kier molecular flexibility index (Phi) is 6.39. The number of benzene rings is 2. The molecule has 0 saturated carbocycles. The molecule has 8 heteroatoms. The van der Waals surface area contributed by atoms with Gasteiger partial charge in [0.1, 0.15) is 0 Å². The number of aryl methyl sites for hydroxylation is 1. The Morgan fingerprint density at radius 1 is 1.23 bits per heavy atom. The maximum absolute atomic E-state index is 12.8.